The molecule has 7 heteroatoms. The van der Waals surface area contributed by atoms with E-state index in [1.165, 1.54) is 6.21 Å². The molecule has 0 aliphatic heterocycles. The standard InChI is InChI=1S/C19H19BrCl2N2O2/c1-11(2)13-8-15(20)12(3)7-18(13)26-10-19(25)24-23-9-14-16(21)5-4-6-17(14)22/h4-9,11H,10H2,1-3H3,(H,24,25)/b23-9-. The van der Waals surface area contributed by atoms with Gasteiger partial charge in [-0.25, -0.2) is 5.43 Å². The van der Waals surface area contributed by atoms with E-state index in [2.05, 4.69) is 40.3 Å². The molecule has 0 heterocycles. The summed E-state index contributed by atoms with van der Waals surface area (Å²) in [5, 5.41) is 4.80. The molecule has 26 heavy (non-hydrogen) atoms. The second-order valence-corrected chi connectivity index (χ2v) is 7.68. The summed E-state index contributed by atoms with van der Waals surface area (Å²) in [7, 11) is 0. The van der Waals surface area contributed by atoms with Gasteiger partial charge in [0.05, 0.1) is 16.3 Å². The summed E-state index contributed by atoms with van der Waals surface area (Å²) < 4.78 is 6.70. The summed E-state index contributed by atoms with van der Waals surface area (Å²) >= 11 is 15.6. The smallest absolute Gasteiger partial charge is 0.277 e. The fourth-order valence-corrected chi connectivity index (χ4v) is 3.08. The predicted molar refractivity (Wildman–Crippen MR) is 111 cm³/mol. The van der Waals surface area contributed by atoms with Crippen LogP contribution in [-0.2, 0) is 4.79 Å². The van der Waals surface area contributed by atoms with E-state index in [9.17, 15) is 4.79 Å². The van der Waals surface area contributed by atoms with E-state index in [0.717, 1.165) is 15.6 Å². The number of benzene rings is 2. The highest BCUT2D eigenvalue weighted by atomic mass is 79.9. The number of carbonyl (C=O) groups is 1. The lowest BCUT2D eigenvalue weighted by molar-refractivity contribution is -0.123. The summed E-state index contributed by atoms with van der Waals surface area (Å²) in [5.74, 6) is 0.582. The first-order valence-corrected chi connectivity index (χ1v) is 9.53. The van der Waals surface area contributed by atoms with Gasteiger partial charge in [0.2, 0.25) is 0 Å². The third-order valence-corrected chi connectivity index (χ3v) is 5.17. The van der Waals surface area contributed by atoms with Crippen LogP contribution >= 0.6 is 39.1 Å². The number of nitrogens with zero attached hydrogens (tertiary/aromatic N) is 1. The highest BCUT2D eigenvalue weighted by Crippen LogP contribution is 2.32. The van der Waals surface area contributed by atoms with Gasteiger partial charge < -0.3 is 4.74 Å². The lowest BCUT2D eigenvalue weighted by atomic mass is 10.0. The van der Waals surface area contributed by atoms with E-state index in [-0.39, 0.29) is 18.4 Å². The minimum Gasteiger partial charge on any atom is -0.483 e. The van der Waals surface area contributed by atoms with Crippen molar-refractivity contribution in [3.8, 4) is 5.75 Å². The Balaban J connectivity index is 1.99. The third-order valence-electron chi connectivity index (χ3n) is 3.65. The second-order valence-electron chi connectivity index (χ2n) is 6.01. The van der Waals surface area contributed by atoms with Crippen molar-refractivity contribution in [2.75, 3.05) is 6.61 Å². The van der Waals surface area contributed by atoms with Crippen LogP contribution in [0.2, 0.25) is 10.0 Å². The summed E-state index contributed by atoms with van der Waals surface area (Å²) in [6.07, 6.45) is 1.41. The molecule has 0 radical (unpaired) electrons. The lowest BCUT2D eigenvalue weighted by Crippen LogP contribution is -2.25. The number of rotatable bonds is 6. The van der Waals surface area contributed by atoms with Crippen LogP contribution in [-0.4, -0.2) is 18.7 Å². The summed E-state index contributed by atoms with van der Waals surface area (Å²) in [4.78, 5) is 12.0. The van der Waals surface area contributed by atoms with E-state index in [1.54, 1.807) is 18.2 Å². The van der Waals surface area contributed by atoms with Crippen LogP contribution < -0.4 is 10.2 Å². The monoisotopic (exact) mass is 456 g/mol. The molecule has 0 saturated carbocycles. The van der Waals surface area contributed by atoms with Crippen molar-refractivity contribution in [2.24, 2.45) is 5.10 Å². The van der Waals surface area contributed by atoms with Crippen LogP contribution in [0.5, 0.6) is 5.75 Å². The topological polar surface area (TPSA) is 50.7 Å². The number of hydrogen-bond donors (Lipinski definition) is 1. The van der Waals surface area contributed by atoms with Gasteiger partial charge in [-0.15, -0.1) is 0 Å². The molecule has 4 nitrogen and oxygen atoms in total. The molecule has 0 bridgehead atoms. The van der Waals surface area contributed by atoms with Crippen molar-refractivity contribution >= 4 is 51.3 Å². The number of halogens is 3. The Bertz CT molecular complexity index is 818. The third kappa shape index (κ3) is 5.47. The van der Waals surface area contributed by atoms with Crippen molar-refractivity contribution in [3.63, 3.8) is 0 Å². The molecular weight excluding hydrogens is 439 g/mol. The zero-order valence-corrected chi connectivity index (χ0v) is 17.7. The Kier molecular flexibility index (Phi) is 7.50. The van der Waals surface area contributed by atoms with Gasteiger partial charge in [0.1, 0.15) is 5.75 Å². The first-order chi connectivity index (χ1) is 12.3. The van der Waals surface area contributed by atoms with Crippen LogP contribution in [0.4, 0.5) is 0 Å². The van der Waals surface area contributed by atoms with E-state index >= 15 is 0 Å². The fourth-order valence-electron chi connectivity index (χ4n) is 2.23. The maximum absolute atomic E-state index is 12.0. The number of hydrazone groups is 1. The molecule has 0 saturated heterocycles. The maximum Gasteiger partial charge on any atom is 0.277 e. The quantitative estimate of drug-likeness (QED) is 0.445. The van der Waals surface area contributed by atoms with Crippen LogP contribution in [0.1, 0.15) is 36.5 Å². The minimum absolute atomic E-state index is 0.144. The Morgan fingerprint density at radius 1 is 1.31 bits per heavy atom. The minimum atomic E-state index is -0.375. The highest BCUT2D eigenvalue weighted by molar-refractivity contribution is 9.10. The van der Waals surface area contributed by atoms with Crippen LogP contribution in [0.25, 0.3) is 0 Å². The number of aryl methyl sites for hydroxylation is 1. The number of hydrogen-bond acceptors (Lipinski definition) is 3. The Morgan fingerprint density at radius 2 is 1.96 bits per heavy atom. The normalized spacial score (nSPS) is 11.2. The van der Waals surface area contributed by atoms with E-state index in [1.807, 2.05) is 19.1 Å². The molecule has 2 rings (SSSR count). The number of nitrogens with one attached hydrogen (secondary N) is 1. The van der Waals surface area contributed by atoms with Crippen LogP contribution in [0, 0.1) is 6.92 Å². The number of amides is 1. The fraction of sp³-hybridized carbons (Fsp3) is 0.263. The molecule has 2 aromatic rings. The Morgan fingerprint density at radius 3 is 2.58 bits per heavy atom. The van der Waals surface area contributed by atoms with Crippen molar-refractivity contribution in [2.45, 2.75) is 26.7 Å². The SMILES string of the molecule is Cc1cc(OCC(=O)N/N=C\c2c(Cl)cccc2Cl)c(C(C)C)cc1Br. The Hall–Kier alpha value is -1.56. The molecule has 1 N–H and O–H groups in total. The summed E-state index contributed by atoms with van der Waals surface area (Å²) in [6, 6.07) is 9.07. The van der Waals surface area contributed by atoms with Gasteiger partial charge in [-0.1, -0.05) is 59.0 Å². The molecule has 138 valence electrons. The largest absolute Gasteiger partial charge is 0.483 e. The Labute approximate surface area is 171 Å². The first kappa shape index (κ1) is 20.7. The zero-order chi connectivity index (χ0) is 19.3. The van der Waals surface area contributed by atoms with Gasteiger partial charge in [-0.3, -0.25) is 4.79 Å². The second kappa shape index (κ2) is 9.40. The molecule has 2 aromatic carbocycles. The zero-order valence-electron chi connectivity index (χ0n) is 14.6. The van der Waals surface area contributed by atoms with Gasteiger partial charge in [0, 0.05) is 10.0 Å². The van der Waals surface area contributed by atoms with Gasteiger partial charge >= 0.3 is 0 Å². The van der Waals surface area contributed by atoms with Gasteiger partial charge in [-0.2, -0.15) is 5.10 Å². The average Bonchev–Trinajstić information content (AvgIpc) is 2.58. The number of ether oxygens (including phenoxy) is 1. The molecular formula is C19H19BrCl2N2O2. The molecule has 1 amide bonds. The van der Waals surface area contributed by atoms with E-state index < -0.39 is 0 Å². The van der Waals surface area contributed by atoms with Crippen molar-refractivity contribution in [3.05, 3.63) is 61.5 Å². The molecule has 0 aliphatic carbocycles. The molecule has 0 unspecified atom stereocenters. The van der Waals surface area contributed by atoms with Gasteiger partial charge in [0.15, 0.2) is 6.61 Å². The highest BCUT2D eigenvalue weighted by Gasteiger charge is 2.12. The summed E-state index contributed by atoms with van der Waals surface area (Å²) in [5.41, 5.74) is 5.02. The van der Waals surface area contributed by atoms with Crippen molar-refractivity contribution in [1.82, 2.24) is 5.43 Å². The maximum atomic E-state index is 12.0. The number of carbonyl (C=O) groups excluding carboxylic acids is 1. The van der Waals surface area contributed by atoms with Crippen LogP contribution in [0.15, 0.2) is 39.9 Å². The molecule has 0 atom stereocenters. The molecule has 0 spiro atoms. The van der Waals surface area contributed by atoms with Gasteiger partial charge in [0.25, 0.3) is 5.91 Å². The predicted octanol–water partition coefficient (Wildman–Crippen LogP) is 5.72. The van der Waals surface area contributed by atoms with Crippen molar-refractivity contribution < 1.29 is 9.53 Å². The van der Waals surface area contributed by atoms with E-state index in [0.29, 0.717) is 21.4 Å². The molecule has 0 aliphatic rings. The van der Waals surface area contributed by atoms with Crippen LogP contribution in [0.3, 0.4) is 0 Å². The summed E-state index contributed by atoms with van der Waals surface area (Å²) in [6.45, 7) is 5.97. The van der Waals surface area contributed by atoms with E-state index in [4.69, 9.17) is 27.9 Å². The average molecular weight is 458 g/mol. The van der Waals surface area contributed by atoms with Gasteiger partial charge in [-0.05, 0) is 48.2 Å². The van der Waals surface area contributed by atoms with Crippen molar-refractivity contribution in [1.29, 1.82) is 0 Å². The molecule has 0 aromatic heterocycles. The molecule has 0 fully saturated rings. The lowest BCUT2D eigenvalue weighted by Gasteiger charge is -2.15. The first-order valence-electron chi connectivity index (χ1n) is 7.98.